The third-order valence-electron chi connectivity index (χ3n) is 4.69. The van der Waals surface area contributed by atoms with Gasteiger partial charge in [0.05, 0.1) is 7.11 Å². The van der Waals surface area contributed by atoms with Gasteiger partial charge in [0, 0.05) is 38.8 Å². The van der Waals surface area contributed by atoms with Crippen LogP contribution in [-0.4, -0.2) is 55.9 Å². The molecule has 0 aliphatic carbocycles. The number of rotatable bonds is 6. The molecule has 0 fully saturated rings. The van der Waals surface area contributed by atoms with Gasteiger partial charge < -0.3 is 24.4 Å². The quantitative estimate of drug-likeness (QED) is 0.845. The minimum atomic E-state index is -0.674. The van der Waals surface area contributed by atoms with Crippen molar-refractivity contribution in [3.63, 3.8) is 0 Å². The fraction of sp³-hybridized carbons (Fsp3) is 0.381. The Morgan fingerprint density at radius 2 is 1.81 bits per heavy atom. The average Bonchev–Trinajstić information content (AvgIpc) is 2.69. The molecule has 27 heavy (non-hydrogen) atoms. The average molecular weight is 370 g/mol. The van der Waals surface area contributed by atoms with Crippen LogP contribution in [0.5, 0.6) is 11.5 Å². The number of carbonyl (C=O) groups excluding carboxylic acids is 1. The minimum Gasteiger partial charge on any atom is -0.497 e. The molecule has 2 aromatic carbocycles. The van der Waals surface area contributed by atoms with Gasteiger partial charge in [0.2, 0.25) is 5.91 Å². The first-order valence-electron chi connectivity index (χ1n) is 9.08. The lowest BCUT2D eigenvalue weighted by Gasteiger charge is -2.33. The van der Waals surface area contributed by atoms with Gasteiger partial charge in [0.25, 0.3) is 0 Å². The highest BCUT2D eigenvalue weighted by molar-refractivity contribution is 5.77. The molecule has 1 atom stereocenters. The van der Waals surface area contributed by atoms with E-state index in [0.717, 1.165) is 17.0 Å². The Morgan fingerprint density at radius 1 is 1.11 bits per heavy atom. The van der Waals surface area contributed by atoms with E-state index in [-0.39, 0.29) is 12.5 Å². The monoisotopic (exact) mass is 370 g/mol. The van der Waals surface area contributed by atoms with Gasteiger partial charge in [-0.3, -0.25) is 4.79 Å². The van der Waals surface area contributed by atoms with Crippen molar-refractivity contribution in [3.05, 3.63) is 54.1 Å². The molecule has 0 radical (unpaired) electrons. The molecule has 6 heteroatoms. The van der Waals surface area contributed by atoms with Crippen LogP contribution in [0.4, 0.5) is 5.69 Å². The van der Waals surface area contributed by atoms with Crippen LogP contribution in [0.3, 0.4) is 0 Å². The molecule has 6 nitrogen and oxygen atoms in total. The lowest BCUT2D eigenvalue weighted by molar-refractivity contribution is -0.130. The van der Waals surface area contributed by atoms with Crippen LogP contribution in [0.25, 0.3) is 0 Å². The van der Waals surface area contributed by atoms with Gasteiger partial charge >= 0.3 is 0 Å². The molecule has 2 aromatic rings. The number of para-hydroxylation sites is 1. The van der Waals surface area contributed by atoms with Crippen molar-refractivity contribution in [1.29, 1.82) is 0 Å². The summed E-state index contributed by atoms with van der Waals surface area (Å²) in [7, 11) is 3.44. The maximum atomic E-state index is 12.2. The lowest BCUT2D eigenvalue weighted by atomic mass is 10.1. The van der Waals surface area contributed by atoms with E-state index in [9.17, 15) is 9.90 Å². The van der Waals surface area contributed by atoms with Gasteiger partial charge in [0.1, 0.15) is 24.2 Å². The zero-order valence-electron chi connectivity index (χ0n) is 15.8. The smallest absolute Gasteiger partial charge is 0.224 e. The van der Waals surface area contributed by atoms with Crippen LogP contribution in [0.2, 0.25) is 0 Å². The van der Waals surface area contributed by atoms with Crippen LogP contribution in [0.1, 0.15) is 12.0 Å². The van der Waals surface area contributed by atoms with Gasteiger partial charge in [-0.25, -0.2) is 0 Å². The Bertz CT molecular complexity index is 763. The van der Waals surface area contributed by atoms with Crippen molar-refractivity contribution in [1.82, 2.24) is 4.90 Å². The first kappa shape index (κ1) is 19.0. The summed E-state index contributed by atoms with van der Waals surface area (Å²) in [6.45, 7) is 1.73. The summed E-state index contributed by atoms with van der Waals surface area (Å²) in [6, 6.07) is 15.3. The summed E-state index contributed by atoms with van der Waals surface area (Å²) in [5, 5.41) is 10.5. The highest BCUT2D eigenvalue weighted by atomic mass is 16.5. The number of hydrogen-bond acceptors (Lipinski definition) is 5. The summed E-state index contributed by atoms with van der Waals surface area (Å²) in [5.74, 6) is 1.55. The molecule has 1 aliphatic heterocycles. The third-order valence-corrected chi connectivity index (χ3v) is 4.69. The van der Waals surface area contributed by atoms with Gasteiger partial charge in [-0.1, -0.05) is 18.2 Å². The van der Waals surface area contributed by atoms with E-state index < -0.39 is 6.10 Å². The lowest BCUT2D eigenvalue weighted by Crippen LogP contribution is -2.41. The summed E-state index contributed by atoms with van der Waals surface area (Å²) >= 11 is 0. The Kier molecular flexibility index (Phi) is 6.19. The number of fused-ring (bicyclic) bond motifs is 1. The van der Waals surface area contributed by atoms with Gasteiger partial charge in [0.15, 0.2) is 0 Å². The van der Waals surface area contributed by atoms with Crippen molar-refractivity contribution in [2.45, 2.75) is 19.1 Å². The highest BCUT2D eigenvalue weighted by Crippen LogP contribution is 2.25. The Hall–Kier alpha value is -2.73. The second kappa shape index (κ2) is 8.77. The molecule has 0 saturated heterocycles. The molecule has 144 valence electrons. The number of hydrogen-bond donors (Lipinski definition) is 1. The molecule has 1 aliphatic rings. The standard InChI is InChI=1S/C21H26N2O4/c1-22-13-16-5-3-4-6-20(16)23(12-11-21(22)25)14-17(24)15-27-19-9-7-18(26-2)8-10-19/h3-10,17,24H,11-15H2,1-2H3. The van der Waals surface area contributed by atoms with Gasteiger partial charge in [-0.05, 0) is 35.9 Å². The number of β-amino-alcohol motifs (C(OH)–C–C–N with tert-alkyl or cyclic N) is 1. The molecule has 0 aromatic heterocycles. The van der Waals surface area contributed by atoms with E-state index >= 15 is 0 Å². The molecule has 1 unspecified atom stereocenters. The van der Waals surface area contributed by atoms with Crippen LogP contribution in [0.15, 0.2) is 48.5 Å². The van der Waals surface area contributed by atoms with E-state index in [0.29, 0.717) is 31.8 Å². The van der Waals surface area contributed by atoms with Crippen LogP contribution < -0.4 is 14.4 Å². The third kappa shape index (κ3) is 4.92. The fourth-order valence-corrected chi connectivity index (χ4v) is 3.20. The molecular formula is C21H26N2O4. The summed E-state index contributed by atoms with van der Waals surface area (Å²) < 4.78 is 10.8. The highest BCUT2D eigenvalue weighted by Gasteiger charge is 2.22. The molecular weight excluding hydrogens is 344 g/mol. The number of ether oxygens (including phenoxy) is 2. The zero-order chi connectivity index (χ0) is 19.2. The largest absolute Gasteiger partial charge is 0.497 e. The normalized spacial score (nSPS) is 15.6. The molecule has 1 amide bonds. The van der Waals surface area contributed by atoms with Crippen LogP contribution >= 0.6 is 0 Å². The number of aliphatic hydroxyl groups excluding tert-OH is 1. The van der Waals surface area contributed by atoms with Crippen molar-refractivity contribution >= 4 is 11.6 Å². The van der Waals surface area contributed by atoms with E-state index in [1.165, 1.54) is 0 Å². The predicted molar refractivity (Wildman–Crippen MR) is 104 cm³/mol. The molecule has 0 bridgehead atoms. The number of anilines is 1. The predicted octanol–water partition coefficient (Wildman–Crippen LogP) is 2.30. The maximum Gasteiger partial charge on any atom is 0.224 e. The number of amides is 1. The van der Waals surface area contributed by atoms with Gasteiger partial charge in [-0.2, -0.15) is 0 Å². The van der Waals surface area contributed by atoms with Crippen LogP contribution in [-0.2, 0) is 11.3 Å². The second-order valence-electron chi connectivity index (χ2n) is 6.71. The number of methoxy groups -OCH3 is 1. The van der Waals surface area contributed by atoms with E-state index in [1.54, 1.807) is 12.0 Å². The SMILES string of the molecule is COc1ccc(OCC(O)CN2CCC(=O)N(C)Cc3ccccc32)cc1. The zero-order valence-corrected chi connectivity index (χ0v) is 15.8. The first-order chi connectivity index (χ1) is 13.1. The molecule has 0 saturated carbocycles. The number of aliphatic hydroxyl groups is 1. The first-order valence-corrected chi connectivity index (χ1v) is 9.08. The van der Waals surface area contributed by atoms with Crippen molar-refractivity contribution < 1.29 is 19.4 Å². The Morgan fingerprint density at radius 3 is 2.56 bits per heavy atom. The van der Waals surface area contributed by atoms with Crippen molar-refractivity contribution in [3.8, 4) is 11.5 Å². The van der Waals surface area contributed by atoms with E-state index in [1.807, 2.05) is 55.6 Å². The summed E-state index contributed by atoms with van der Waals surface area (Å²) in [5.41, 5.74) is 2.14. The van der Waals surface area contributed by atoms with Crippen molar-refractivity contribution in [2.75, 3.05) is 38.8 Å². The fourth-order valence-electron chi connectivity index (χ4n) is 3.20. The molecule has 0 spiro atoms. The number of nitrogens with zero attached hydrogens (tertiary/aromatic N) is 2. The maximum absolute atomic E-state index is 12.2. The molecule has 3 rings (SSSR count). The minimum absolute atomic E-state index is 0.110. The van der Waals surface area contributed by atoms with Gasteiger partial charge in [-0.15, -0.1) is 0 Å². The molecule has 1 N–H and O–H groups in total. The van der Waals surface area contributed by atoms with E-state index in [4.69, 9.17) is 9.47 Å². The Balaban J connectivity index is 1.64. The van der Waals surface area contributed by atoms with E-state index in [2.05, 4.69) is 4.90 Å². The van der Waals surface area contributed by atoms with Crippen LogP contribution in [0, 0.1) is 0 Å². The summed E-state index contributed by atoms with van der Waals surface area (Å²) in [4.78, 5) is 16.0. The van der Waals surface area contributed by atoms with Crippen molar-refractivity contribution in [2.24, 2.45) is 0 Å². The molecule has 1 heterocycles. The second-order valence-corrected chi connectivity index (χ2v) is 6.71. The topological polar surface area (TPSA) is 62.2 Å². The number of carbonyl (C=O) groups is 1. The Labute approximate surface area is 159 Å². The summed E-state index contributed by atoms with van der Waals surface area (Å²) in [6.07, 6.45) is -0.246. The number of benzene rings is 2.